The number of imidazole rings is 1. The predicted molar refractivity (Wildman–Crippen MR) is 86.9 cm³/mol. The molecule has 0 bridgehead atoms. The number of halogens is 1. The molecule has 0 spiro atoms. The second-order valence-corrected chi connectivity index (χ2v) is 5.97. The molecule has 2 heterocycles. The van der Waals surface area contributed by atoms with E-state index in [1.807, 2.05) is 7.05 Å². The molecule has 0 unspecified atom stereocenters. The SMILES string of the molecule is Cn1ccnc1[C@H](NC(=O)NC[C@H]1CCOC1)c1cccc(F)c1. The zero-order chi connectivity index (χ0) is 16.9. The van der Waals surface area contributed by atoms with Crippen molar-refractivity contribution in [3.8, 4) is 0 Å². The van der Waals surface area contributed by atoms with Crippen molar-refractivity contribution in [2.75, 3.05) is 19.8 Å². The van der Waals surface area contributed by atoms with E-state index in [1.54, 1.807) is 29.1 Å². The second kappa shape index (κ2) is 7.44. The Morgan fingerprint density at radius 3 is 3.08 bits per heavy atom. The minimum Gasteiger partial charge on any atom is -0.381 e. The number of aryl methyl sites for hydroxylation is 1. The minimum absolute atomic E-state index is 0.306. The van der Waals surface area contributed by atoms with Crippen molar-refractivity contribution >= 4 is 6.03 Å². The zero-order valence-corrected chi connectivity index (χ0v) is 13.5. The van der Waals surface area contributed by atoms with Crippen LogP contribution in [0.4, 0.5) is 9.18 Å². The van der Waals surface area contributed by atoms with Crippen LogP contribution in [-0.2, 0) is 11.8 Å². The van der Waals surface area contributed by atoms with E-state index in [2.05, 4.69) is 15.6 Å². The summed E-state index contributed by atoms with van der Waals surface area (Å²) in [7, 11) is 1.84. The summed E-state index contributed by atoms with van der Waals surface area (Å²) in [5.41, 5.74) is 0.642. The van der Waals surface area contributed by atoms with Crippen LogP contribution in [0.3, 0.4) is 0 Å². The summed E-state index contributed by atoms with van der Waals surface area (Å²) in [6, 6.07) is 5.34. The van der Waals surface area contributed by atoms with Gasteiger partial charge in [0.25, 0.3) is 0 Å². The first-order valence-corrected chi connectivity index (χ1v) is 7.98. The first-order chi connectivity index (χ1) is 11.6. The number of benzene rings is 1. The van der Waals surface area contributed by atoms with Gasteiger partial charge in [0, 0.05) is 38.5 Å². The lowest BCUT2D eigenvalue weighted by Gasteiger charge is -2.20. The van der Waals surface area contributed by atoms with Crippen LogP contribution in [0.5, 0.6) is 0 Å². The molecule has 128 valence electrons. The highest BCUT2D eigenvalue weighted by Crippen LogP contribution is 2.21. The molecule has 0 radical (unpaired) electrons. The number of rotatable bonds is 5. The average molecular weight is 332 g/mol. The van der Waals surface area contributed by atoms with Gasteiger partial charge in [0.05, 0.1) is 6.61 Å². The Balaban J connectivity index is 1.72. The maximum absolute atomic E-state index is 13.6. The van der Waals surface area contributed by atoms with Crippen molar-refractivity contribution < 1.29 is 13.9 Å². The van der Waals surface area contributed by atoms with Gasteiger partial charge in [-0.1, -0.05) is 12.1 Å². The fraction of sp³-hybridized carbons (Fsp3) is 0.412. The van der Waals surface area contributed by atoms with Gasteiger partial charge in [0.15, 0.2) is 0 Å². The van der Waals surface area contributed by atoms with Crippen molar-refractivity contribution in [2.24, 2.45) is 13.0 Å². The highest BCUT2D eigenvalue weighted by molar-refractivity contribution is 5.74. The molecule has 2 amide bonds. The van der Waals surface area contributed by atoms with Crippen LogP contribution in [0.2, 0.25) is 0 Å². The van der Waals surface area contributed by atoms with Gasteiger partial charge < -0.3 is 19.9 Å². The first kappa shape index (κ1) is 16.4. The predicted octanol–water partition coefficient (Wildman–Crippen LogP) is 1.98. The van der Waals surface area contributed by atoms with E-state index in [0.29, 0.717) is 30.5 Å². The molecule has 0 saturated carbocycles. The van der Waals surface area contributed by atoms with Gasteiger partial charge >= 0.3 is 6.03 Å². The van der Waals surface area contributed by atoms with Crippen LogP contribution >= 0.6 is 0 Å². The third-order valence-electron chi connectivity index (χ3n) is 4.15. The van der Waals surface area contributed by atoms with Crippen molar-refractivity contribution in [1.29, 1.82) is 0 Å². The van der Waals surface area contributed by atoms with E-state index < -0.39 is 6.04 Å². The van der Waals surface area contributed by atoms with Crippen LogP contribution in [0.1, 0.15) is 23.9 Å². The molecule has 1 aromatic heterocycles. The van der Waals surface area contributed by atoms with Gasteiger partial charge in [-0.3, -0.25) is 0 Å². The number of ether oxygens (including phenoxy) is 1. The Morgan fingerprint density at radius 1 is 1.54 bits per heavy atom. The Hall–Kier alpha value is -2.41. The summed E-state index contributed by atoms with van der Waals surface area (Å²) in [5, 5.41) is 5.75. The largest absolute Gasteiger partial charge is 0.381 e. The van der Waals surface area contributed by atoms with Crippen LogP contribution in [0.15, 0.2) is 36.7 Å². The zero-order valence-electron chi connectivity index (χ0n) is 13.5. The summed E-state index contributed by atoms with van der Waals surface area (Å²) in [6.45, 7) is 1.97. The van der Waals surface area contributed by atoms with Crippen LogP contribution in [-0.4, -0.2) is 35.3 Å². The lowest BCUT2D eigenvalue weighted by atomic mass is 10.1. The van der Waals surface area contributed by atoms with Crippen molar-refractivity contribution in [1.82, 2.24) is 20.2 Å². The summed E-state index contributed by atoms with van der Waals surface area (Å²) >= 11 is 0. The standard InChI is InChI=1S/C17H21FN4O2/c1-22-7-6-19-16(22)15(13-3-2-4-14(18)9-13)21-17(23)20-10-12-5-8-24-11-12/h2-4,6-7,9,12,15H,5,8,10-11H2,1H3,(H2,20,21,23)/t12-,15-/m1/s1. The number of urea groups is 1. The quantitative estimate of drug-likeness (QED) is 0.880. The van der Waals surface area contributed by atoms with Gasteiger partial charge in [-0.25, -0.2) is 14.2 Å². The second-order valence-electron chi connectivity index (χ2n) is 5.97. The molecule has 0 aliphatic carbocycles. The molecule has 6 nitrogen and oxygen atoms in total. The molecular weight excluding hydrogens is 311 g/mol. The number of nitrogens with zero attached hydrogens (tertiary/aromatic N) is 2. The van der Waals surface area contributed by atoms with E-state index in [1.165, 1.54) is 12.1 Å². The van der Waals surface area contributed by atoms with E-state index in [4.69, 9.17) is 4.74 Å². The number of carbonyl (C=O) groups excluding carboxylic acids is 1. The number of amides is 2. The fourth-order valence-electron chi connectivity index (χ4n) is 2.80. The summed E-state index contributed by atoms with van der Waals surface area (Å²) in [5.74, 6) is 0.633. The average Bonchev–Trinajstić information content (AvgIpc) is 3.22. The summed E-state index contributed by atoms with van der Waals surface area (Å²) < 4.78 is 20.7. The highest BCUT2D eigenvalue weighted by Gasteiger charge is 2.22. The van der Waals surface area contributed by atoms with Gasteiger partial charge in [-0.15, -0.1) is 0 Å². The van der Waals surface area contributed by atoms with Crippen molar-refractivity contribution in [3.63, 3.8) is 0 Å². The fourth-order valence-corrected chi connectivity index (χ4v) is 2.80. The van der Waals surface area contributed by atoms with Crippen LogP contribution < -0.4 is 10.6 Å². The molecule has 1 aliphatic rings. The van der Waals surface area contributed by atoms with Crippen LogP contribution in [0, 0.1) is 11.7 Å². The first-order valence-electron chi connectivity index (χ1n) is 7.98. The molecule has 1 aromatic carbocycles. The summed E-state index contributed by atoms with van der Waals surface area (Å²) in [6.07, 6.45) is 4.39. The number of hydrogen-bond donors (Lipinski definition) is 2. The third-order valence-corrected chi connectivity index (χ3v) is 4.15. The maximum Gasteiger partial charge on any atom is 0.315 e. The van der Waals surface area contributed by atoms with Crippen LogP contribution in [0.25, 0.3) is 0 Å². The maximum atomic E-state index is 13.6. The van der Waals surface area contributed by atoms with E-state index >= 15 is 0 Å². The molecule has 2 N–H and O–H groups in total. The Labute approximate surface area is 140 Å². The molecule has 3 rings (SSSR count). The van der Waals surface area contributed by atoms with Gasteiger partial charge in [-0.2, -0.15) is 0 Å². The van der Waals surface area contributed by atoms with Gasteiger partial charge in [0.2, 0.25) is 0 Å². The van der Waals surface area contributed by atoms with Gasteiger partial charge in [0.1, 0.15) is 17.7 Å². The lowest BCUT2D eigenvalue weighted by molar-refractivity contribution is 0.185. The third kappa shape index (κ3) is 3.91. The highest BCUT2D eigenvalue weighted by atomic mass is 19.1. The number of aromatic nitrogens is 2. The smallest absolute Gasteiger partial charge is 0.315 e. The molecule has 2 aromatic rings. The number of nitrogens with one attached hydrogen (secondary N) is 2. The Kier molecular flexibility index (Phi) is 5.10. The topological polar surface area (TPSA) is 68.2 Å². The monoisotopic (exact) mass is 332 g/mol. The summed E-state index contributed by atoms with van der Waals surface area (Å²) in [4.78, 5) is 16.6. The van der Waals surface area contributed by atoms with Crippen molar-refractivity contribution in [2.45, 2.75) is 12.5 Å². The molecular formula is C17H21FN4O2. The molecule has 1 aliphatic heterocycles. The molecule has 1 fully saturated rings. The molecule has 1 saturated heterocycles. The van der Waals surface area contributed by atoms with E-state index in [-0.39, 0.29) is 11.8 Å². The minimum atomic E-state index is -0.527. The molecule has 24 heavy (non-hydrogen) atoms. The van der Waals surface area contributed by atoms with Crippen molar-refractivity contribution in [3.05, 3.63) is 53.9 Å². The molecule has 7 heteroatoms. The van der Waals surface area contributed by atoms with E-state index in [0.717, 1.165) is 13.0 Å². The molecule has 2 atom stereocenters. The number of hydrogen-bond acceptors (Lipinski definition) is 3. The van der Waals surface area contributed by atoms with Gasteiger partial charge in [-0.05, 0) is 24.1 Å². The number of carbonyl (C=O) groups is 1. The lowest BCUT2D eigenvalue weighted by Crippen LogP contribution is -2.41. The van der Waals surface area contributed by atoms with E-state index in [9.17, 15) is 9.18 Å². The Morgan fingerprint density at radius 2 is 2.42 bits per heavy atom. The Bertz CT molecular complexity index is 697. The normalized spacial score (nSPS) is 18.3.